The summed E-state index contributed by atoms with van der Waals surface area (Å²) in [6, 6.07) is 0. The van der Waals surface area contributed by atoms with Crippen LogP contribution in [-0.2, 0) is 18.9 Å². The maximum absolute atomic E-state index is 9.61. The topological polar surface area (TPSA) is 118 Å². The molecule has 4 N–H and O–H groups in total. The second-order valence-corrected chi connectivity index (χ2v) is 15.0. The summed E-state index contributed by atoms with van der Waals surface area (Å²) in [5.74, 6) is 3.26. The maximum atomic E-state index is 9.61. The number of hydrogen-bond donors (Lipinski definition) is 4. The van der Waals surface area contributed by atoms with Crippen LogP contribution in [0.15, 0.2) is 0 Å². The number of hydrogen-bond acceptors (Lipinski definition) is 8. The molecule has 0 spiro atoms. The van der Waals surface area contributed by atoms with Gasteiger partial charge in [0.25, 0.3) is 0 Å². The molecule has 8 nitrogen and oxygen atoms in total. The first kappa shape index (κ1) is 41.7. The van der Waals surface area contributed by atoms with Crippen molar-refractivity contribution in [3.63, 3.8) is 0 Å². The van der Waals surface area contributed by atoms with Gasteiger partial charge in [0.05, 0.1) is 73.2 Å². The summed E-state index contributed by atoms with van der Waals surface area (Å²) in [4.78, 5) is 0. The van der Waals surface area contributed by atoms with Crippen LogP contribution in [0.5, 0.6) is 0 Å². The van der Waals surface area contributed by atoms with Gasteiger partial charge in [0.15, 0.2) is 0 Å². The molecule has 4 saturated heterocycles. The van der Waals surface area contributed by atoms with E-state index in [9.17, 15) is 20.4 Å². The van der Waals surface area contributed by atoms with E-state index in [2.05, 4.69) is 83.1 Å². The normalized spacial score (nSPS) is 52.6. The summed E-state index contributed by atoms with van der Waals surface area (Å²) in [5.41, 5.74) is 0. The molecular formula is C36H72O8. The van der Waals surface area contributed by atoms with E-state index in [0.29, 0.717) is 47.3 Å². The van der Waals surface area contributed by atoms with Crippen LogP contribution in [0.2, 0.25) is 0 Å². The van der Waals surface area contributed by atoms with Gasteiger partial charge in [-0.15, -0.1) is 0 Å². The van der Waals surface area contributed by atoms with Crippen molar-refractivity contribution in [1.82, 2.24) is 0 Å². The minimum atomic E-state index is -0.291. The van der Waals surface area contributed by atoms with E-state index < -0.39 is 0 Å². The molecule has 4 fully saturated rings. The van der Waals surface area contributed by atoms with Gasteiger partial charge in [0.2, 0.25) is 0 Å². The maximum Gasteiger partial charge on any atom is 0.0828 e. The Labute approximate surface area is 270 Å². The van der Waals surface area contributed by atoms with Crippen LogP contribution in [0.1, 0.15) is 111 Å². The van der Waals surface area contributed by atoms with Gasteiger partial charge in [0, 0.05) is 0 Å². The summed E-state index contributed by atoms with van der Waals surface area (Å²) < 4.78 is 22.1. The third kappa shape index (κ3) is 10.9. The fourth-order valence-electron chi connectivity index (χ4n) is 6.84. The van der Waals surface area contributed by atoms with Gasteiger partial charge in [-0.25, -0.2) is 0 Å². The highest BCUT2D eigenvalue weighted by Gasteiger charge is 2.38. The number of aliphatic hydroxyl groups excluding tert-OH is 4. The van der Waals surface area contributed by atoms with Crippen LogP contribution in [0, 0.1) is 47.3 Å². The van der Waals surface area contributed by atoms with E-state index in [0.717, 1.165) is 0 Å². The lowest BCUT2D eigenvalue weighted by Gasteiger charge is -2.40. The highest BCUT2D eigenvalue weighted by atomic mass is 16.5. The summed E-state index contributed by atoms with van der Waals surface area (Å²) in [6.07, 6.45) is -0.0526. The van der Waals surface area contributed by atoms with E-state index in [1.54, 1.807) is 0 Å². The average Bonchev–Trinajstić information content (AvgIpc) is 2.97. The summed E-state index contributed by atoms with van der Waals surface area (Å²) in [6.45, 7) is 32.9. The van der Waals surface area contributed by atoms with Gasteiger partial charge >= 0.3 is 0 Å². The Bertz CT molecular complexity index is 614. The van der Waals surface area contributed by atoms with Gasteiger partial charge in [-0.3, -0.25) is 0 Å². The van der Waals surface area contributed by atoms with Crippen molar-refractivity contribution in [3.05, 3.63) is 0 Å². The zero-order chi connectivity index (χ0) is 34.4. The smallest absolute Gasteiger partial charge is 0.0828 e. The van der Waals surface area contributed by atoms with E-state index in [1.807, 2.05) is 27.7 Å². The predicted octanol–water partition coefficient (Wildman–Crippen LogP) is 5.71. The van der Waals surface area contributed by atoms with Crippen LogP contribution in [0.25, 0.3) is 0 Å². The molecule has 4 heterocycles. The van der Waals surface area contributed by atoms with Crippen molar-refractivity contribution in [3.8, 4) is 0 Å². The second-order valence-electron chi connectivity index (χ2n) is 15.0. The molecule has 8 heteroatoms. The lowest BCUT2D eigenvalue weighted by Crippen LogP contribution is -2.46. The fraction of sp³-hybridized carbons (Fsp3) is 1.00. The molecule has 20 atom stereocenters. The van der Waals surface area contributed by atoms with E-state index >= 15 is 0 Å². The molecule has 0 amide bonds. The van der Waals surface area contributed by atoms with Crippen molar-refractivity contribution in [2.75, 3.05) is 0 Å². The Hall–Kier alpha value is -0.320. The molecule has 4 aliphatic heterocycles. The first-order valence-corrected chi connectivity index (χ1v) is 17.5. The van der Waals surface area contributed by atoms with E-state index in [-0.39, 0.29) is 73.2 Å². The Balaban J connectivity index is 0.000000293. The molecule has 0 aromatic carbocycles. The van der Waals surface area contributed by atoms with Gasteiger partial charge in [-0.05, 0) is 103 Å². The van der Waals surface area contributed by atoms with Gasteiger partial charge in [-0.1, -0.05) is 55.4 Å². The van der Waals surface area contributed by atoms with E-state index in [4.69, 9.17) is 18.9 Å². The largest absolute Gasteiger partial charge is 0.390 e. The number of aliphatic hydroxyl groups is 4. The molecule has 0 bridgehead atoms. The molecule has 264 valence electrons. The molecule has 0 aromatic rings. The van der Waals surface area contributed by atoms with Crippen LogP contribution >= 0.6 is 0 Å². The highest BCUT2D eigenvalue weighted by Crippen LogP contribution is 2.32. The van der Waals surface area contributed by atoms with Crippen molar-refractivity contribution in [1.29, 1.82) is 0 Å². The van der Waals surface area contributed by atoms with Gasteiger partial charge in [0.1, 0.15) is 0 Å². The summed E-state index contributed by atoms with van der Waals surface area (Å²) in [7, 11) is 0. The number of rotatable bonds is 0. The summed E-state index contributed by atoms with van der Waals surface area (Å²) >= 11 is 0. The zero-order valence-corrected chi connectivity index (χ0v) is 31.0. The van der Waals surface area contributed by atoms with Crippen LogP contribution in [0.4, 0.5) is 0 Å². The SMILES string of the molecule is CC1O[C@@H](C)C(O)[C@@H](C)[C@H]1C.CC1O[C@@H](C)C(O)[C@H](C)[C@@H]1C.CC1[C@H](C)OC(C)[C@H](O)[C@@H]1C.CC1[C@H](C)OC(C)[C@H](O)[C@H]1C. The lowest BCUT2D eigenvalue weighted by atomic mass is 9.82. The molecule has 4 rings (SSSR count). The first-order valence-electron chi connectivity index (χ1n) is 17.5. The molecule has 0 aliphatic carbocycles. The van der Waals surface area contributed by atoms with Crippen molar-refractivity contribution >= 4 is 0 Å². The van der Waals surface area contributed by atoms with Crippen molar-refractivity contribution in [2.45, 2.75) is 184 Å². The molecule has 8 unspecified atom stereocenters. The molecular weight excluding hydrogens is 560 g/mol. The Morgan fingerprint density at radius 1 is 0.227 bits per heavy atom. The van der Waals surface area contributed by atoms with E-state index in [1.165, 1.54) is 0 Å². The molecule has 0 saturated carbocycles. The molecule has 0 radical (unpaired) electrons. The standard InChI is InChI=1S/4C9H18O2/c4*1-5-6(2)9(10)8(4)11-7(5)3/h4*5-10H,1-4H3/t5?,6-,7+,8?,9-;5?,6-,7-,8?,9+;5-,6+,7?,8+,9?;5-,6+,7?,8-,9?/m1010/s1. The third-order valence-electron chi connectivity index (χ3n) is 12.1. The first-order chi connectivity index (χ1) is 20.1. The zero-order valence-electron chi connectivity index (χ0n) is 31.0. The Morgan fingerprint density at radius 2 is 0.364 bits per heavy atom. The second kappa shape index (κ2) is 18.3. The van der Waals surface area contributed by atoms with Gasteiger partial charge < -0.3 is 39.4 Å². The fourth-order valence-corrected chi connectivity index (χ4v) is 6.84. The van der Waals surface area contributed by atoms with Gasteiger partial charge in [-0.2, -0.15) is 0 Å². The summed E-state index contributed by atoms with van der Waals surface area (Å²) in [5, 5.41) is 38.4. The quantitative estimate of drug-likeness (QED) is 0.269. The third-order valence-corrected chi connectivity index (χ3v) is 12.1. The highest BCUT2D eigenvalue weighted by molar-refractivity contribution is 4.86. The minimum absolute atomic E-state index is 0.00352. The minimum Gasteiger partial charge on any atom is -0.390 e. The molecule has 4 aliphatic rings. The lowest BCUT2D eigenvalue weighted by molar-refractivity contribution is -0.154. The number of ether oxygens (including phenoxy) is 4. The van der Waals surface area contributed by atoms with Crippen LogP contribution in [0.3, 0.4) is 0 Å². The molecule has 44 heavy (non-hydrogen) atoms. The average molecular weight is 633 g/mol. The van der Waals surface area contributed by atoms with Crippen LogP contribution in [-0.4, -0.2) is 93.7 Å². The molecule has 0 aromatic heterocycles. The Morgan fingerprint density at radius 3 is 0.500 bits per heavy atom. The van der Waals surface area contributed by atoms with Crippen LogP contribution < -0.4 is 0 Å². The van der Waals surface area contributed by atoms with Crippen molar-refractivity contribution < 1.29 is 39.4 Å². The van der Waals surface area contributed by atoms with Crippen molar-refractivity contribution in [2.24, 2.45) is 47.3 Å². The Kier molecular flexibility index (Phi) is 17.3. The monoisotopic (exact) mass is 633 g/mol. The predicted molar refractivity (Wildman–Crippen MR) is 177 cm³/mol.